The second-order valence-corrected chi connectivity index (χ2v) is 2.19. The summed E-state index contributed by atoms with van der Waals surface area (Å²) in [5, 5.41) is 16.1. The van der Waals surface area contributed by atoms with Crippen LogP contribution in [0.1, 0.15) is 27.7 Å². The maximum absolute atomic E-state index is 8.06. The van der Waals surface area contributed by atoms with E-state index in [1.54, 1.807) is 27.7 Å². The van der Waals surface area contributed by atoms with Crippen molar-refractivity contribution in [2.45, 2.75) is 39.9 Å². The van der Waals surface area contributed by atoms with Crippen LogP contribution in [0.4, 0.5) is 0 Å². The number of aliphatic hydroxyl groups excluding tert-OH is 2. The van der Waals surface area contributed by atoms with E-state index in [1.807, 2.05) is 0 Å². The van der Waals surface area contributed by atoms with E-state index >= 15 is 0 Å². The van der Waals surface area contributed by atoms with Gasteiger partial charge in [0.1, 0.15) is 0 Å². The third-order valence-electron chi connectivity index (χ3n) is 0. The van der Waals surface area contributed by atoms with E-state index in [0.717, 1.165) is 0 Å². The Labute approximate surface area is 106 Å². The van der Waals surface area contributed by atoms with E-state index in [1.165, 1.54) is 0 Å². The first-order chi connectivity index (χ1) is 3.46. The smallest absolute Gasteiger partial charge is 0.187 e. The topological polar surface area (TPSA) is 40.5 Å². The van der Waals surface area contributed by atoms with Crippen molar-refractivity contribution in [2.75, 3.05) is 0 Å². The Bertz CT molecular complexity index is 34.1. The van der Waals surface area contributed by atoms with Gasteiger partial charge in [0.2, 0.25) is 0 Å². The molecule has 0 radical (unpaired) electrons. The van der Waals surface area contributed by atoms with Gasteiger partial charge in [-0.05, 0) is 27.7 Å². The molecule has 0 aromatic rings. The standard InChI is InChI=1S/2C3H8O.2Al.Ti.6H/c2*1-3(2)4;;;;;;;;;/h2*3-4H,1-2H3;;;;;;;;;. The van der Waals surface area contributed by atoms with Gasteiger partial charge in [0.15, 0.2) is 34.7 Å². The zero-order valence-corrected chi connectivity index (χ0v) is 8.11. The van der Waals surface area contributed by atoms with Crippen molar-refractivity contribution < 1.29 is 31.9 Å². The second-order valence-electron chi connectivity index (χ2n) is 2.19. The van der Waals surface area contributed by atoms with Gasteiger partial charge in [-0.2, -0.15) is 0 Å². The summed E-state index contributed by atoms with van der Waals surface area (Å²) in [4.78, 5) is 0. The van der Waals surface area contributed by atoms with Crippen LogP contribution >= 0.6 is 0 Å². The summed E-state index contributed by atoms with van der Waals surface area (Å²) in [5.74, 6) is 0. The SMILES string of the molecule is CC(C)O.CC(C)O.[AlH3].[AlH3].[Ti]. The molecule has 0 saturated heterocycles. The first-order valence-corrected chi connectivity index (χ1v) is 2.83. The molecule has 0 aliphatic heterocycles. The average Bonchev–Trinajstić information content (AvgIpc) is 1.25. The number of hydrogen-bond acceptors (Lipinski definition) is 2. The van der Waals surface area contributed by atoms with Crippen LogP contribution in [-0.4, -0.2) is 57.1 Å². The molecule has 0 spiro atoms. The first-order valence-electron chi connectivity index (χ1n) is 2.83. The maximum atomic E-state index is 8.06. The minimum atomic E-state index is -0.167. The zero-order valence-electron chi connectivity index (χ0n) is 6.55. The van der Waals surface area contributed by atoms with Crippen molar-refractivity contribution in [1.82, 2.24) is 0 Å². The van der Waals surface area contributed by atoms with Gasteiger partial charge in [0.05, 0.1) is 0 Å². The molecule has 11 heavy (non-hydrogen) atoms. The van der Waals surface area contributed by atoms with Crippen LogP contribution in [0.25, 0.3) is 0 Å². The van der Waals surface area contributed by atoms with E-state index in [4.69, 9.17) is 10.2 Å². The fourth-order valence-electron chi connectivity index (χ4n) is 0. The average molecular weight is 228 g/mol. The second kappa shape index (κ2) is 22.6. The number of rotatable bonds is 0. The normalized spacial score (nSPS) is 6.55. The molecule has 0 rings (SSSR count). The first kappa shape index (κ1) is 29.3. The summed E-state index contributed by atoms with van der Waals surface area (Å²) in [6.45, 7) is 6.89. The molecule has 0 amide bonds. The van der Waals surface area contributed by atoms with Gasteiger partial charge in [-0.25, -0.2) is 0 Å². The van der Waals surface area contributed by atoms with Crippen LogP contribution in [0.5, 0.6) is 0 Å². The van der Waals surface area contributed by atoms with Crippen LogP contribution in [0.2, 0.25) is 0 Å². The van der Waals surface area contributed by atoms with E-state index in [-0.39, 0.29) is 68.6 Å². The minimum absolute atomic E-state index is 0. The molecule has 0 atom stereocenters. The van der Waals surface area contributed by atoms with Crippen LogP contribution in [0.3, 0.4) is 0 Å². The molecule has 5 heteroatoms. The van der Waals surface area contributed by atoms with Crippen molar-refractivity contribution in [3.05, 3.63) is 0 Å². The van der Waals surface area contributed by atoms with Gasteiger partial charge in [0, 0.05) is 33.9 Å². The van der Waals surface area contributed by atoms with Crippen LogP contribution in [-0.2, 0) is 21.7 Å². The van der Waals surface area contributed by atoms with Crippen molar-refractivity contribution >= 4 is 34.7 Å². The Hall–Kier alpha value is 1.70. The van der Waals surface area contributed by atoms with Gasteiger partial charge in [-0.1, -0.05) is 0 Å². The molecule has 0 aliphatic rings. The van der Waals surface area contributed by atoms with Crippen LogP contribution < -0.4 is 0 Å². The Morgan fingerprint density at radius 2 is 0.727 bits per heavy atom. The van der Waals surface area contributed by atoms with E-state index < -0.39 is 0 Å². The molecular formula is C6H22Al2O2Ti. The number of hydrogen-bond donors (Lipinski definition) is 2. The summed E-state index contributed by atoms with van der Waals surface area (Å²) < 4.78 is 0. The maximum Gasteiger partial charge on any atom is 0.187 e. The fraction of sp³-hybridized carbons (Fsp3) is 1.00. The molecule has 0 bridgehead atoms. The Kier molecular flexibility index (Phi) is 60.2. The molecule has 68 valence electrons. The Morgan fingerprint density at radius 3 is 0.727 bits per heavy atom. The molecule has 0 heterocycles. The van der Waals surface area contributed by atoms with Crippen molar-refractivity contribution in [3.8, 4) is 0 Å². The van der Waals surface area contributed by atoms with Crippen LogP contribution in [0, 0.1) is 0 Å². The predicted octanol–water partition coefficient (Wildman–Crippen LogP) is -1.60. The van der Waals surface area contributed by atoms with E-state index in [0.29, 0.717) is 0 Å². The summed E-state index contributed by atoms with van der Waals surface area (Å²) in [7, 11) is 0. The molecule has 2 nitrogen and oxygen atoms in total. The molecular weight excluding hydrogens is 206 g/mol. The number of aliphatic hydroxyl groups is 2. The predicted molar refractivity (Wildman–Crippen MR) is 54.6 cm³/mol. The van der Waals surface area contributed by atoms with Gasteiger partial charge >= 0.3 is 0 Å². The summed E-state index contributed by atoms with van der Waals surface area (Å²) in [5.41, 5.74) is 0. The Morgan fingerprint density at radius 1 is 0.727 bits per heavy atom. The third kappa shape index (κ3) is 381. The molecule has 0 fully saturated rings. The summed E-state index contributed by atoms with van der Waals surface area (Å²) in [6.07, 6.45) is -0.333. The molecule has 2 N–H and O–H groups in total. The third-order valence-corrected chi connectivity index (χ3v) is 0. The van der Waals surface area contributed by atoms with Gasteiger partial charge in [-0.3, -0.25) is 0 Å². The monoisotopic (exact) mass is 228 g/mol. The van der Waals surface area contributed by atoms with E-state index in [9.17, 15) is 0 Å². The van der Waals surface area contributed by atoms with Gasteiger partial charge in [0.25, 0.3) is 0 Å². The zero-order chi connectivity index (χ0) is 7.15. The van der Waals surface area contributed by atoms with Crippen molar-refractivity contribution in [2.24, 2.45) is 0 Å². The summed E-state index contributed by atoms with van der Waals surface area (Å²) >= 11 is 0. The molecule has 0 unspecified atom stereocenters. The van der Waals surface area contributed by atoms with Crippen LogP contribution in [0.15, 0.2) is 0 Å². The van der Waals surface area contributed by atoms with Crippen molar-refractivity contribution in [1.29, 1.82) is 0 Å². The molecule has 0 aliphatic carbocycles. The van der Waals surface area contributed by atoms with E-state index in [2.05, 4.69) is 0 Å². The largest absolute Gasteiger partial charge is 0.394 e. The minimum Gasteiger partial charge on any atom is -0.394 e. The fourth-order valence-corrected chi connectivity index (χ4v) is 0. The van der Waals surface area contributed by atoms with Gasteiger partial charge < -0.3 is 10.2 Å². The van der Waals surface area contributed by atoms with Gasteiger partial charge in [-0.15, -0.1) is 0 Å². The molecule has 0 saturated carbocycles. The van der Waals surface area contributed by atoms with Crippen molar-refractivity contribution in [3.63, 3.8) is 0 Å². The Balaban J connectivity index is -0.0000000171. The quantitative estimate of drug-likeness (QED) is 0.490. The molecule has 0 aromatic heterocycles. The summed E-state index contributed by atoms with van der Waals surface area (Å²) in [6, 6.07) is 0. The molecule has 0 aromatic carbocycles.